The number of hydrogen-bond acceptors (Lipinski definition) is 0. The zero-order valence-electron chi connectivity index (χ0n) is 51.1. The van der Waals surface area contributed by atoms with Crippen molar-refractivity contribution in [3.63, 3.8) is 0 Å². The quantitative estimate of drug-likeness (QED) is 0.162. The molecule has 2 aliphatic rings. The van der Waals surface area contributed by atoms with Crippen molar-refractivity contribution in [2.45, 2.75) is 67.2 Å². The molecule has 0 amide bonds. The van der Waals surface area contributed by atoms with E-state index in [2.05, 4.69) is 359 Å². The summed E-state index contributed by atoms with van der Waals surface area (Å²) < 4.78 is 0. The Morgan fingerprint density at radius 3 is 1.33 bits per heavy atom. The molecule has 0 unspecified atom stereocenters. The van der Waals surface area contributed by atoms with Gasteiger partial charge in [-0.2, -0.15) is 0 Å². The van der Waals surface area contributed by atoms with E-state index in [1.165, 1.54) is 143 Å². The zero-order valence-corrected chi connectivity index (χ0v) is 51.1. The number of rotatable bonds is 2. The first-order valence-electron chi connectivity index (χ1n) is 30.3. The fourth-order valence-corrected chi connectivity index (χ4v) is 12.1. The number of hydrogen-bond donors (Lipinski definition) is 0. The minimum Gasteiger partial charge on any atom is -0.0619 e. The van der Waals surface area contributed by atoms with Crippen molar-refractivity contribution in [3.8, 4) is 44.5 Å². The molecule has 86 heavy (non-hydrogen) atoms. The summed E-state index contributed by atoms with van der Waals surface area (Å²) in [5.41, 5.74) is 24.8. The molecule has 2 aliphatic carbocycles. The van der Waals surface area contributed by atoms with Crippen molar-refractivity contribution >= 4 is 43.1 Å². The lowest BCUT2D eigenvalue weighted by Gasteiger charge is -2.21. The van der Waals surface area contributed by atoms with E-state index in [-0.39, 0.29) is 5.41 Å². The Morgan fingerprint density at radius 2 is 0.651 bits per heavy atom. The molecule has 0 atom stereocenters. The van der Waals surface area contributed by atoms with E-state index < -0.39 is 0 Å². The van der Waals surface area contributed by atoms with Crippen molar-refractivity contribution in [2.24, 2.45) is 0 Å². The average Bonchev–Trinajstić information content (AvgIpc) is 3.09. The lowest BCUT2D eigenvalue weighted by atomic mass is 9.82. The third-order valence-corrected chi connectivity index (χ3v) is 16.9. The summed E-state index contributed by atoms with van der Waals surface area (Å²) in [4.78, 5) is 0. The monoisotopic (exact) mass is 1110 g/mol. The highest BCUT2D eigenvalue weighted by atomic mass is 14.4. The molecule has 0 N–H and O–H groups in total. The lowest BCUT2D eigenvalue weighted by Crippen LogP contribution is -2.14. The Kier molecular flexibility index (Phi) is 17.8. The van der Waals surface area contributed by atoms with E-state index in [0.717, 1.165) is 6.42 Å². The maximum absolute atomic E-state index is 2.33. The van der Waals surface area contributed by atoms with Crippen molar-refractivity contribution in [3.05, 3.63) is 359 Å². The average molecular weight is 1110 g/mol. The van der Waals surface area contributed by atoms with Gasteiger partial charge in [0.25, 0.3) is 0 Å². The molecule has 0 saturated carbocycles. The second-order valence-electron chi connectivity index (χ2n) is 23.7. The Balaban J connectivity index is 0.000000108. The molecule has 420 valence electrons. The van der Waals surface area contributed by atoms with Gasteiger partial charge >= 0.3 is 0 Å². The predicted octanol–water partition coefficient (Wildman–Crippen LogP) is 23.8. The van der Waals surface area contributed by atoms with Gasteiger partial charge in [0.05, 0.1) is 0 Å². The van der Waals surface area contributed by atoms with Gasteiger partial charge in [-0.15, -0.1) is 0 Å². The highest BCUT2D eigenvalue weighted by Gasteiger charge is 2.34. The van der Waals surface area contributed by atoms with Crippen LogP contribution in [0.5, 0.6) is 0 Å². The molecule has 0 spiro atoms. The number of fused-ring (bicyclic) bond motifs is 10. The topological polar surface area (TPSA) is 0 Å². The first-order valence-corrected chi connectivity index (χ1v) is 30.3. The fourth-order valence-electron chi connectivity index (χ4n) is 12.1. The highest BCUT2D eigenvalue weighted by molar-refractivity contribution is 5.97. The summed E-state index contributed by atoms with van der Waals surface area (Å²) in [6.07, 6.45) is 1.10. The molecule has 0 heterocycles. The standard InChI is InChI=1S/2C17H14.C16H16.C14H12.2C11H10/c1-13-9-11-15(12-10-13)17-8-4-6-14-5-2-3-7-16(14)17;1-13-6-8-15(9-7-13)17-11-10-14-4-2-3-5-16(14)12-17;1-11-8-9-13-12-6-4-5-7-14(12)16(2,3)15(13)10-11;1-10-6-7-14-12(8-10)9-11-4-2-3-5-13(11)14;1-9-5-4-7-10-6-2-3-8-11(9)10;1-9-6-7-10-4-2-3-5-11(10)8-9/h2*2-12H,1H3;4-10H,1-3H3;2-8H,9H2,1H3;2*2-8H,1H3. The fraction of sp³-hybridized carbons (Fsp3) is 0.116. The molecule has 0 nitrogen and oxygen atoms in total. The molecule has 0 heteroatoms. The SMILES string of the molecule is Cc1ccc(-c2ccc3ccccc3c2)cc1.Cc1ccc(-c2cccc3ccccc23)cc1.Cc1ccc2c(c1)C(C)(C)c1ccccc1-2.Cc1ccc2c(c1)Cc1ccccc1-2.Cc1ccc2ccccc2c1.Cc1cccc2ccccc12. The third kappa shape index (κ3) is 13.4. The summed E-state index contributed by atoms with van der Waals surface area (Å²) in [5.74, 6) is 0. The molecule has 14 aromatic carbocycles. The molecule has 16 rings (SSSR count). The Labute approximate surface area is 510 Å². The van der Waals surface area contributed by atoms with Crippen LogP contribution in [0.2, 0.25) is 0 Å². The summed E-state index contributed by atoms with van der Waals surface area (Å²) in [6.45, 7) is 17.4. The molecule has 0 fully saturated rings. The van der Waals surface area contributed by atoms with Crippen molar-refractivity contribution in [1.82, 2.24) is 0 Å². The van der Waals surface area contributed by atoms with Gasteiger partial charge in [-0.3, -0.25) is 0 Å². The maximum atomic E-state index is 2.33. The summed E-state index contributed by atoms with van der Waals surface area (Å²) in [7, 11) is 0. The Morgan fingerprint density at radius 1 is 0.233 bits per heavy atom. The summed E-state index contributed by atoms with van der Waals surface area (Å²) in [6, 6.07) is 108. The Bertz CT molecular complexity index is 4610. The normalized spacial score (nSPS) is 11.8. The number of benzene rings is 14. The molecule has 0 bridgehead atoms. The van der Waals surface area contributed by atoms with E-state index in [9.17, 15) is 0 Å². The third-order valence-electron chi connectivity index (χ3n) is 16.9. The van der Waals surface area contributed by atoms with Gasteiger partial charge in [0.15, 0.2) is 0 Å². The van der Waals surface area contributed by atoms with Crippen molar-refractivity contribution in [1.29, 1.82) is 0 Å². The van der Waals surface area contributed by atoms with Gasteiger partial charge < -0.3 is 0 Å². The molecular formula is C86H76. The van der Waals surface area contributed by atoms with E-state index in [4.69, 9.17) is 0 Å². The Hall–Kier alpha value is -9.88. The van der Waals surface area contributed by atoms with Crippen LogP contribution in [0.4, 0.5) is 0 Å². The maximum Gasteiger partial charge on any atom is 0.0158 e. The minimum absolute atomic E-state index is 0.151. The van der Waals surface area contributed by atoms with Crippen LogP contribution < -0.4 is 0 Å². The van der Waals surface area contributed by atoms with E-state index in [1.807, 2.05) is 0 Å². The van der Waals surface area contributed by atoms with Crippen LogP contribution in [-0.2, 0) is 11.8 Å². The van der Waals surface area contributed by atoms with E-state index in [1.54, 1.807) is 0 Å². The smallest absolute Gasteiger partial charge is 0.0158 e. The van der Waals surface area contributed by atoms with Crippen LogP contribution in [0.15, 0.2) is 303 Å². The minimum atomic E-state index is 0.151. The first-order chi connectivity index (χ1) is 41.9. The zero-order chi connectivity index (χ0) is 59.6. The van der Waals surface area contributed by atoms with Gasteiger partial charge in [0, 0.05) is 5.41 Å². The molecule has 0 radical (unpaired) electrons. The van der Waals surface area contributed by atoms with Crippen LogP contribution in [0, 0.1) is 41.5 Å². The van der Waals surface area contributed by atoms with Gasteiger partial charge in [-0.1, -0.05) is 339 Å². The molecule has 14 aromatic rings. The van der Waals surface area contributed by atoms with Gasteiger partial charge in [-0.05, 0) is 169 Å². The second-order valence-corrected chi connectivity index (χ2v) is 23.7. The van der Waals surface area contributed by atoms with Gasteiger partial charge in [0.2, 0.25) is 0 Å². The summed E-state index contributed by atoms with van der Waals surface area (Å²) >= 11 is 0. The van der Waals surface area contributed by atoms with E-state index in [0.29, 0.717) is 0 Å². The van der Waals surface area contributed by atoms with Crippen LogP contribution in [-0.4, -0.2) is 0 Å². The number of aryl methyl sites for hydroxylation is 6. The molecule has 0 aliphatic heterocycles. The first kappa shape index (κ1) is 57.9. The second kappa shape index (κ2) is 26.4. The van der Waals surface area contributed by atoms with Crippen molar-refractivity contribution < 1.29 is 0 Å². The highest BCUT2D eigenvalue weighted by Crippen LogP contribution is 2.48. The van der Waals surface area contributed by atoms with Crippen molar-refractivity contribution in [2.75, 3.05) is 0 Å². The van der Waals surface area contributed by atoms with Gasteiger partial charge in [-0.25, -0.2) is 0 Å². The van der Waals surface area contributed by atoms with Crippen LogP contribution in [0.25, 0.3) is 87.6 Å². The predicted molar refractivity (Wildman–Crippen MR) is 374 cm³/mol. The van der Waals surface area contributed by atoms with Gasteiger partial charge in [0.1, 0.15) is 0 Å². The molecule has 0 aromatic heterocycles. The summed E-state index contributed by atoms with van der Waals surface area (Å²) in [5, 5.41) is 10.5. The van der Waals surface area contributed by atoms with Crippen LogP contribution in [0.1, 0.15) is 69.5 Å². The lowest BCUT2D eigenvalue weighted by molar-refractivity contribution is 0.660. The molecular weight excluding hydrogens is 1030 g/mol. The largest absolute Gasteiger partial charge is 0.0619 e. The van der Waals surface area contributed by atoms with Crippen LogP contribution in [0.3, 0.4) is 0 Å². The van der Waals surface area contributed by atoms with E-state index >= 15 is 0 Å². The molecule has 0 saturated heterocycles. The van der Waals surface area contributed by atoms with Crippen LogP contribution >= 0.6 is 0 Å².